The van der Waals surface area contributed by atoms with Crippen LogP contribution in [0.4, 0.5) is 5.69 Å². The number of carbonyl (C=O) groups excluding carboxylic acids is 2. The normalized spacial score (nSPS) is 14.7. The fourth-order valence-corrected chi connectivity index (χ4v) is 4.90. The summed E-state index contributed by atoms with van der Waals surface area (Å²) < 4.78 is 5.58. The summed E-state index contributed by atoms with van der Waals surface area (Å²) in [4.78, 5) is 34.0. The number of aromatic nitrogens is 1. The number of hydrogen-bond donors (Lipinski definition) is 1. The number of nitrogens with one attached hydrogen (secondary N) is 1. The first-order chi connectivity index (χ1) is 15.7. The van der Waals surface area contributed by atoms with Crippen LogP contribution in [0.3, 0.4) is 0 Å². The third-order valence-corrected chi connectivity index (χ3v) is 6.63. The van der Waals surface area contributed by atoms with Crippen molar-refractivity contribution in [1.29, 1.82) is 0 Å². The lowest BCUT2D eigenvalue weighted by Gasteiger charge is -2.33. The molecule has 0 unspecified atom stereocenters. The third kappa shape index (κ3) is 4.99. The number of methoxy groups -OCH3 is 1. The van der Waals surface area contributed by atoms with Crippen LogP contribution in [0.5, 0.6) is 5.75 Å². The third-order valence-electron chi connectivity index (χ3n) is 5.75. The molecule has 2 heterocycles. The van der Waals surface area contributed by atoms with Crippen molar-refractivity contribution in [2.24, 2.45) is 0 Å². The van der Waals surface area contributed by atoms with Gasteiger partial charge in [0.2, 0.25) is 11.8 Å². The standard InChI is InChI=1S/C25H27N3O3S/c1-31-22-11-5-4-10-21(22)28(23(29)17-20-9-6-16-32-20)24(18-12-14-26-15-13-18)25(30)27-19-7-2-3-8-19/h4-6,9-16,19,24H,2-3,7-8,17H2,1H3,(H,27,30)/t24-/m1/s1. The van der Waals surface area contributed by atoms with Gasteiger partial charge in [-0.2, -0.15) is 0 Å². The minimum atomic E-state index is -0.831. The van der Waals surface area contributed by atoms with Gasteiger partial charge in [-0.15, -0.1) is 11.3 Å². The molecule has 1 saturated carbocycles. The van der Waals surface area contributed by atoms with Crippen LogP contribution < -0.4 is 15.0 Å². The summed E-state index contributed by atoms with van der Waals surface area (Å²) in [6.45, 7) is 0. The number of carbonyl (C=O) groups is 2. The molecule has 1 N–H and O–H groups in total. The maximum absolute atomic E-state index is 13.7. The molecule has 1 aliphatic rings. The van der Waals surface area contributed by atoms with Crippen LogP contribution in [0, 0.1) is 0 Å². The van der Waals surface area contributed by atoms with E-state index in [0.717, 1.165) is 30.6 Å². The Kier molecular flexibility index (Phi) is 7.17. The van der Waals surface area contributed by atoms with Gasteiger partial charge >= 0.3 is 0 Å². The van der Waals surface area contributed by atoms with Gasteiger partial charge < -0.3 is 10.1 Å². The first-order valence-corrected chi connectivity index (χ1v) is 11.7. The largest absolute Gasteiger partial charge is 0.495 e. The molecule has 1 fully saturated rings. The van der Waals surface area contributed by atoms with Crippen LogP contribution in [0.25, 0.3) is 0 Å². The Bertz CT molecular complexity index is 1030. The molecule has 0 radical (unpaired) electrons. The summed E-state index contributed by atoms with van der Waals surface area (Å²) in [5, 5.41) is 5.14. The molecule has 3 aromatic rings. The fourth-order valence-electron chi connectivity index (χ4n) is 4.21. The van der Waals surface area contributed by atoms with E-state index >= 15 is 0 Å². The van der Waals surface area contributed by atoms with Gasteiger partial charge in [-0.05, 0) is 54.1 Å². The van der Waals surface area contributed by atoms with E-state index in [9.17, 15) is 9.59 Å². The van der Waals surface area contributed by atoms with E-state index in [1.807, 2.05) is 35.7 Å². The fraction of sp³-hybridized carbons (Fsp3) is 0.320. The summed E-state index contributed by atoms with van der Waals surface area (Å²) in [6.07, 6.45) is 7.65. The molecule has 0 bridgehead atoms. The number of amides is 2. The van der Waals surface area contributed by atoms with Crippen molar-refractivity contribution in [3.05, 3.63) is 76.7 Å². The average Bonchev–Trinajstić information content (AvgIpc) is 3.52. The van der Waals surface area contributed by atoms with Crippen LogP contribution in [-0.2, 0) is 16.0 Å². The number of benzene rings is 1. The van der Waals surface area contributed by atoms with E-state index in [1.54, 1.807) is 42.6 Å². The smallest absolute Gasteiger partial charge is 0.248 e. The van der Waals surface area contributed by atoms with Crippen LogP contribution in [0.15, 0.2) is 66.3 Å². The highest BCUT2D eigenvalue weighted by Crippen LogP contribution is 2.36. The van der Waals surface area contributed by atoms with Gasteiger partial charge in [-0.3, -0.25) is 19.5 Å². The maximum Gasteiger partial charge on any atom is 0.248 e. The van der Waals surface area contributed by atoms with Crippen LogP contribution in [0.1, 0.15) is 42.2 Å². The van der Waals surface area contributed by atoms with Crippen LogP contribution in [-0.4, -0.2) is 29.9 Å². The Morgan fingerprint density at radius 2 is 1.88 bits per heavy atom. The molecule has 0 aliphatic heterocycles. The highest BCUT2D eigenvalue weighted by molar-refractivity contribution is 7.10. The second-order valence-corrected chi connectivity index (χ2v) is 8.90. The van der Waals surface area contributed by atoms with E-state index in [4.69, 9.17) is 4.74 Å². The number of pyridine rings is 1. The minimum absolute atomic E-state index is 0.138. The molecule has 6 nitrogen and oxygen atoms in total. The molecule has 2 amide bonds. The number of para-hydroxylation sites is 2. The van der Waals surface area contributed by atoms with Gasteiger partial charge in [0.1, 0.15) is 11.8 Å². The molecule has 32 heavy (non-hydrogen) atoms. The van der Waals surface area contributed by atoms with Gasteiger partial charge in [0.15, 0.2) is 0 Å². The Labute approximate surface area is 192 Å². The van der Waals surface area contributed by atoms with Crippen molar-refractivity contribution in [2.45, 2.75) is 44.2 Å². The molecule has 1 atom stereocenters. The maximum atomic E-state index is 13.7. The molecule has 1 aliphatic carbocycles. The van der Waals surface area contributed by atoms with Crippen molar-refractivity contribution in [2.75, 3.05) is 12.0 Å². The zero-order chi connectivity index (χ0) is 22.3. The summed E-state index contributed by atoms with van der Waals surface area (Å²) in [5.74, 6) is 0.189. The van der Waals surface area contributed by atoms with Gasteiger partial charge in [-0.1, -0.05) is 31.0 Å². The second-order valence-electron chi connectivity index (χ2n) is 7.86. The van der Waals surface area contributed by atoms with Crippen LogP contribution in [0.2, 0.25) is 0 Å². The topological polar surface area (TPSA) is 71.5 Å². The molecule has 0 saturated heterocycles. The molecule has 4 rings (SSSR count). The van der Waals surface area contributed by atoms with Crippen molar-refractivity contribution < 1.29 is 14.3 Å². The summed E-state index contributed by atoms with van der Waals surface area (Å²) in [6, 6.07) is 14.1. The number of nitrogens with zero attached hydrogens (tertiary/aromatic N) is 2. The lowest BCUT2D eigenvalue weighted by molar-refractivity contribution is -0.127. The molecule has 1 aromatic carbocycles. The lowest BCUT2D eigenvalue weighted by Crippen LogP contribution is -2.47. The Balaban J connectivity index is 1.77. The molecule has 0 spiro atoms. The number of anilines is 1. The van der Waals surface area contributed by atoms with Crippen LogP contribution >= 0.6 is 11.3 Å². The number of ether oxygens (including phenoxy) is 1. The number of rotatable bonds is 8. The Hall–Kier alpha value is -3.19. The number of thiophene rings is 1. The molecule has 166 valence electrons. The molecular weight excluding hydrogens is 422 g/mol. The summed E-state index contributed by atoms with van der Waals surface area (Å²) in [7, 11) is 1.57. The van der Waals surface area contributed by atoms with Crippen molar-refractivity contribution in [1.82, 2.24) is 10.3 Å². The van der Waals surface area contributed by atoms with Crippen molar-refractivity contribution in [3.8, 4) is 5.75 Å². The molecular formula is C25H27N3O3S. The van der Waals surface area contributed by atoms with Gasteiger partial charge in [-0.25, -0.2) is 0 Å². The summed E-state index contributed by atoms with van der Waals surface area (Å²) >= 11 is 1.53. The van der Waals surface area contributed by atoms with Gasteiger partial charge in [0.25, 0.3) is 0 Å². The monoisotopic (exact) mass is 449 g/mol. The van der Waals surface area contributed by atoms with E-state index in [2.05, 4.69) is 10.3 Å². The zero-order valence-corrected chi connectivity index (χ0v) is 18.9. The van der Waals surface area contributed by atoms with E-state index in [1.165, 1.54) is 11.3 Å². The highest BCUT2D eigenvalue weighted by Gasteiger charge is 2.35. The highest BCUT2D eigenvalue weighted by atomic mass is 32.1. The SMILES string of the molecule is COc1ccccc1N(C(=O)Cc1cccs1)[C@@H](C(=O)NC1CCCC1)c1ccncc1. The second kappa shape index (κ2) is 10.4. The zero-order valence-electron chi connectivity index (χ0n) is 18.1. The quantitative estimate of drug-likeness (QED) is 0.549. The van der Waals surface area contributed by atoms with Crippen molar-refractivity contribution >= 4 is 28.8 Å². The first kappa shape index (κ1) is 22.0. The molecule has 7 heteroatoms. The molecule has 2 aromatic heterocycles. The predicted molar refractivity (Wildman–Crippen MR) is 126 cm³/mol. The lowest BCUT2D eigenvalue weighted by atomic mass is 10.0. The predicted octanol–water partition coefficient (Wildman–Crippen LogP) is 4.53. The average molecular weight is 450 g/mol. The Morgan fingerprint density at radius 1 is 1.12 bits per heavy atom. The van der Waals surface area contributed by atoms with E-state index in [-0.39, 0.29) is 24.3 Å². The summed E-state index contributed by atoms with van der Waals surface area (Å²) in [5.41, 5.74) is 1.28. The first-order valence-electron chi connectivity index (χ1n) is 10.8. The number of hydrogen-bond acceptors (Lipinski definition) is 5. The van der Waals surface area contributed by atoms with E-state index < -0.39 is 6.04 Å². The van der Waals surface area contributed by atoms with Gasteiger partial charge in [0.05, 0.1) is 19.2 Å². The van der Waals surface area contributed by atoms with E-state index in [0.29, 0.717) is 17.0 Å². The van der Waals surface area contributed by atoms with Gasteiger partial charge in [0, 0.05) is 23.3 Å². The minimum Gasteiger partial charge on any atom is -0.495 e. The Morgan fingerprint density at radius 3 is 2.56 bits per heavy atom. The van der Waals surface area contributed by atoms with Crippen molar-refractivity contribution in [3.63, 3.8) is 0 Å².